The van der Waals surface area contributed by atoms with Gasteiger partial charge >= 0.3 is 0 Å². The molecule has 0 aromatic carbocycles. The third kappa shape index (κ3) is 1.66. The first kappa shape index (κ1) is 8.82. The Bertz CT molecular complexity index is 309. The molecular weight excluding hydrogens is 152 g/mol. The van der Waals surface area contributed by atoms with Crippen molar-refractivity contribution in [3.05, 3.63) is 17.5 Å². The van der Waals surface area contributed by atoms with Gasteiger partial charge < -0.3 is 5.11 Å². The van der Waals surface area contributed by atoms with Crippen LogP contribution in [0.25, 0.3) is 0 Å². The molecule has 0 saturated heterocycles. The largest absolute Gasteiger partial charge is 0.387 e. The first-order valence-electron chi connectivity index (χ1n) is 3.77. The lowest BCUT2D eigenvalue weighted by atomic mass is 10.1. The molecule has 0 aliphatic rings. The summed E-state index contributed by atoms with van der Waals surface area (Å²) in [5.74, 6) is 2.42. The molecule has 0 aliphatic heterocycles. The summed E-state index contributed by atoms with van der Waals surface area (Å²) in [6, 6.07) is 0. The molecule has 1 aromatic rings. The molecule has 1 heterocycles. The Morgan fingerprint density at radius 2 is 2.50 bits per heavy atom. The van der Waals surface area contributed by atoms with Gasteiger partial charge in [-0.1, -0.05) is 0 Å². The Morgan fingerprint density at radius 1 is 1.83 bits per heavy atom. The summed E-state index contributed by atoms with van der Waals surface area (Å²) in [6.07, 6.45) is 6.64. The lowest BCUT2D eigenvalue weighted by molar-refractivity contribution is 0.183. The summed E-state index contributed by atoms with van der Waals surface area (Å²) < 4.78 is 1.67. The monoisotopic (exact) mass is 164 g/mol. The second kappa shape index (κ2) is 3.42. The normalized spacial score (nSPS) is 12.5. The van der Waals surface area contributed by atoms with Gasteiger partial charge in [-0.2, -0.15) is 5.10 Å². The SMILES string of the molecule is C#CCC(O)c1cn(C)nc1C. The van der Waals surface area contributed by atoms with E-state index in [1.807, 2.05) is 14.0 Å². The smallest absolute Gasteiger partial charge is 0.0932 e. The van der Waals surface area contributed by atoms with Crippen LogP contribution in [0.2, 0.25) is 0 Å². The molecule has 1 atom stereocenters. The highest BCUT2D eigenvalue weighted by molar-refractivity contribution is 5.19. The average molecular weight is 164 g/mol. The van der Waals surface area contributed by atoms with Crippen molar-refractivity contribution in [1.82, 2.24) is 9.78 Å². The molecule has 3 nitrogen and oxygen atoms in total. The highest BCUT2D eigenvalue weighted by atomic mass is 16.3. The van der Waals surface area contributed by atoms with Gasteiger partial charge in [0.25, 0.3) is 0 Å². The van der Waals surface area contributed by atoms with E-state index in [9.17, 15) is 5.11 Å². The zero-order valence-electron chi connectivity index (χ0n) is 7.28. The Morgan fingerprint density at radius 3 is 2.92 bits per heavy atom. The molecule has 1 rings (SSSR count). The Hall–Kier alpha value is -1.27. The van der Waals surface area contributed by atoms with Crippen molar-refractivity contribution in [2.75, 3.05) is 0 Å². The van der Waals surface area contributed by atoms with Gasteiger partial charge in [0.15, 0.2) is 0 Å². The van der Waals surface area contributed by atoms with Gasteiger partial charge in [0.05, 0.1) is 11.8 Å². The quantitative estimate of drug-likeness (QED) is 0.656. The van der Waals surface area contributed by atoms with Crippen LogP contribution in [0, 0.1) is 19.3 Å². The predicted octanol–water partition coefficient (Wildman–Crippen LogP) is 0.785. The van der Waals surface area contributed by atoms with E-state index in [0.29, 0.717) is 6.42 Å². The Kier molecular flexibility index (Phi) is 2.51. The van der Waals surface area contributed by atoms with E-state index < -0.39 is 6.10 Å². The Labute approximate surface area is 72.0 Å². The van der Waals surface area contributed by atoms with Crippen LogP contribution in [0.4, 0.5) is 0 Å². The minimum Gasteiger partial charge on any atom is -0.387 e. The molecule has 64 valence electrons. The molecule has 1 N–H and O–H groups in total. The fourth-order valence-electron chi connectivity index (χ4n) is 1.17. The number of aryl methyl sites for hydroxylation is 2. The van der Waals surface area contributed by atoms with Crippen LogP contribution in [0.1, 0.15) is 23.8 Å². The molecule has 3 heteroatoms. The second-order valence-electron chi connectivity index (χ2n) is 2.77. The average Bonchev–Trinajstić information content (AvgIpc) is 2.30. The molecule has 0 aliphatic carbocycles. The van der Waals surface area contributed by atoms with Crippen molar-refractivity contribution < 1.29 is 5.11 Å². The van der Waals surface area contributed by atoms with Crippen LogP contribution in [-0.4, -0.2) is 14.9 Å². The zero-order chi connectivity index (χ0) is 9.14. The van der Waals surface area contributed by atoms with Crippen molar-refractivity contribution in [3.8, 4) is 12.3 Å². The van der Waals surface area contributed by atoms with Crippen LogP contribution in [0.5, 0.6) is 0 Å². The van der Waals surface area contributed by atoms with Crippen molar-refractivity contribution >= 4 is 0 Å². The van der Waals surface area contributed by atoms with Crippen LogP contribution in [-0.2, 0) is 7.05 Å². The van der Waals surface area contributed by atoms with E-state index in [0.717, 1.165) is 11.3 Å². The van der Waals surface area contributed by atoms with Crippen LogP contribution < -0.4 is 0 Å². The fourth-order valence-corrected chi connectivity index (χ4v) is 1.17. The minimum absolute atomic E-state index is 0.340. The second-order valence-corrected chi connectivity index (χ2v) is 2.77. The summed E-state index contributed by atoms with van der Waals surface area (Å²) in [5, 5.41) is 13.6. The number of aliphatic hydroxyl groups excluding tert-OH is 1. The van der Waals surface area contributed by atoms with Gasteiger partial charge in [0.2, 0.25) is 0 Å². The maximum absolute atomic E-state index is 9.52. The van der Waals surface area contributed by atoms with Crippen LogP contribution in [0.15, 0.2) is 6.20 Å². The molecule has 0 fully saturated rings. The standard InChI is InChI=1S/C9H12N2O/c1-4-5-9(12)8-6-11(3)10-7(8)2/h1,6,9,12H,5H2,2-3H3. The summed E-state index contributed by atoms with van der Waals surface area (Å²) in [5.41, 5.74) is 1.65. The van der Waals surface area contributed by atoms with E-state index in [1.165, 1.54) is 0 Å². The van der Waals surface area contributed by atoms with Gasteiger partial charge in [0, 0.05) is 25.2 Å². The predicted molar refractivity (Wildman–Crippen MR) is 46.4 cm³/mol. The third-order valence-electron chi connectivity index (χ3n) is 1.72. The van der Waals surface area contributed by atoms with E-state index in [1.54, 1.807) is 10.9 Å². The minimum atomic E-state index is -0.580. The van der Waals surface area contributed by atoms with Gasteiger partial charge in [-0.3, -0.25) is 4.68 Å². The summed E-state index contributed by atoms with van der Waals surface area (Å²) >= 11 is 0. The summed E-state index contributed by atoms with van der Waals surface area (Å²) in [7, 11) is 1.82. The zero-order valence-corrected chi connectivity index (χ0v) is 7.28. The molecular formula is C9H12N2O. The summed E-state index contributed by atoms with van der Waals surface area (Å²) in [6.45, 7) is 1.86. The lowest BCUT2D eigenvalue weighted by Crippen LogP contribution is -1.95. The van der Waals surface area contributed by atoms with Crippen molar-refractivity contribution in [2.45, 2.75) is 19.4 Å². The first-order chi connectivity index (χ1) is 5.65. The number of terminal acetylenes is 1. The molecule has 12 heavy (non-hydrogen) atoms. The molecule has 0 radical (unpaired) electrons. The van der Waals surface area contributed by atoms with Gasteiger partial charge in [-0.15, -0.1) is 12.3 Å². The highest BCUT2D eigenvalue weighted by Gasteiger charge is 2.11. The van der Waals surface area contributed by atoms with Gasteiger partial charge in [-0.05, 0) is 6.92 Å². The van der Waals surface area contributed by atoms with Crippen molar-refractivity contribution in [2.24, 2.45) is 7.05 Å². The maximum Gasteiger partial charge on any atom is 0.0932 e. The van der Waals surface area contributed by atoms with Crippen molar-refractivity contribution in [1.29, 1.82) is 0 Å². The topological polar surface area (TPSA) is 38.0 Å². The molecule has 1 unspecified atom stereocenters. The highest BCUT2D eigenvalue weighted by Crippen LogP contribution is 2.18. The van der Waals surface area contributed by atoms with Crippen LogP contribution >= 0.6 is 0 Å². The maximum atomic E-state index is 9.52. The molecule has 0 bridgehead atoms. The number of rotatable bonds is 2. The van der Waals surface area contributed by atoms with Crippen molar-refractivity contribution in [3.63, 3.8) is 0 Å². The number of hydrogen-bond acceptors (Lipinski definition) is 2. The van der Waals surface area contributed by atoms with Gasteiger partial charge in [-0.25, -0.2) is 0 Å². The number of aromatic nitrogens is 2. The number of nitrogens with zero attached hydrogens (tertiary/aromatic N) is 2. The third-order valence-corrected chi connectivity index (χ3v) is 1.72. The van der Waals surface area contributed by atoms with E-state index in [2.05, 4.69) is 11.0 Å². The first-order valence-corrected chi connectivity index (χ1v) is 3.77. The van der Waals surface area contributed by atoms with Crippen LogP contribution in [0.3, 0.4) is 0 Å². The number of aliphatic hydroxyl groups is 1. The molecule has 1 aromatic heterocycles. The molecule has 0 saturated carbocycles. The Balaban J connectivity index is 2.88. The van der Waals surface area contributed by atoms with E-state index >= 15 is 0 Å². The summed E-state index contributed by atoms with van der Waals surface area (Å²) in [4.78, 5) is 0. The lowest BCUT2D eigenvalue weighted by Gasteiger charge is -2.03. The molecule has 0 spiro atoms. The van der Waals surface area contributed by atoms with E-state index in [4.69, 9.17) is 6.42 Å². The fraction of sp³-hybridized carbons (Fsp3) is 0.444. The number of hydrogen-bond donors (Lipinski definition) is 1. The van der Waals surface area contributed by atoms with E-state index in [-0.39, 0.29) is 0 Å². The van der Waals surface area contributed by atoms with Gasteiger partial charge in [0.1, 0.15) is 0 Å². The molecule has 0 amide bonds.